The predicted molar refractivity (Wildman–Crippen MR) is 137 cm³/mol. The molecule has 0 aliphatic carbocycles. The number of carbonyl (C=O) groups excluding carboxylic acids is 2. The van der Waals surface area contributed by atoms with Crippen LogP contribution in [0.5, 0.6) is 5.75 Å². The molecule has 1 N–H and O–H groups in total. The van der Waals surface area contributed by atoms with Crippen molar-refractivity contribution in [3.8, 4) is 5.75 Å². The van der Waals surface area contributed by atoms with Gasteiger partial charge in [-0.05, 0) is 59.9 Å². The molecule has 1 aliphatic heterocycles. The summed E-state index contributed by atoms with van der Waals surface area (Å²) in [5.41, 5.74) is 2.56. The molecule has 3 aromatic rings. The van der Waals surface area contributed by atoms with Crippen molar-refractivity contribution in [1.82, 2.24) is 4.98 Å². The van der Waals surface area contributed by atoms with Crippen molar-refractivity contribution < 1.29 is 19.4 Å². The molecule has 0 spiro atoms. The number of ketones is 1. The molecule has 0 bridgehead atoms. The highest BCUT2D eigenvalue weighted by Gasteiger charge is 2.48. The van der Waals surface area contributed by atoms with Gasteiger partial charge < -0.3 is 9.84 Å². The van der Waals surface area contributed by atoms with Gasteiger partial charge in [0.15, 0.2) is 0 Å². The highest BCUT2D eigenvalue weighted by Crippen LogP contribution is 2.44. The van der Waals surface area contributed by atoms with Crippen LogP contribution in [-0.4, -0.2) is 28.9 Å². The summed E-state index contributed by atoms with van der Waals surface area (Å²) in [4.78, 5) is 32.6. The summed E-state index contributed by atoms with van der Waals surface area (Å²) in [7, 11) is 1.49. The second kappa shape index (κ2) is 9.19. The molecule has 2 heterocycles. The number of hydrogen-bond acceptors (Lipinski definition) is 5. The Morgan fingerprint density at radius 1 is 1.09 bits per heavy atom. The highest BCUT2D eigenvalue weighted by atomic mass is 35.5. The Morgan fingerprint density at radius 2 is 1.83 bits per heavy atom. The number of halogens is 1. The van der Waals surface area contributed by atoms with Gasteiger partial charge in [0.1, 0.15) is 17.6 Å². The van der Waals surface area contributed by atoms with Crippen LogP contribution in [0.1, 0.15) is 49.2 Å². The number of aliphatic hydroxyl groups excluding tert-OH is 1. The van der Waals surface area contributed by atoms with E-state index in [9.17, 15) is 14.7 Å². The first-order valence-electron chi connectivity index (χ1n) is 11.2. The Hall–Kier alpha value is -3.64. The van der Waals surface area contributed by atoms with Crippen LogP contribution < -0.4 is 9.64 Å². The maximum Gasteiger partial charge on any atom is 0.300 e. The fourth-order valence-corrected chi connectivity index (χ4v) is 4.43. The molecule has 0 saturated carbocycles. The van der Waals surface area contributed by atoms with Gasteiger partial charge in [0, 0.05) is 16.9 Å². The SMILES string of the molecule is COc1ccc(C(C)(C)C)cc1/C(O)=C1\C(=O)C(=O)N(c2cccc(Cl)c2C)C1c1ccccn1. The first kappa shape index (κ1) is 24.5. The number of anilines is 1. The van der Waals surface area contributed by atoms with E-state index in [-0.39, 0.29) is 16.7 Å². The molecule has 1 fully saturated rings. The fraction of sp³-hybridized carbons (Fsp3) is 0.250. The van der Waals surface area contributed by atoms with E-state index in [4.69, 9.17) is 16.3 Å². The van der Waals surface area contributed by atoms with Gasteiger partial charge in [-0.25, -0.2) is 0 Å². The smallest absolute Gasteiger partial charge is 0.300 e. The van der Waals surface area contributed by atoms with Gasteiger partial charge >= 0.3 is 0 Å². The Labute approximate surface area is 209 Å². The predicted octanol–water partition coefficient (Wildman–Crippen LogP) is 5.98. The molecule has 1 aromatic heterocycles. The van der Waals surface area contributed by atoms with E-state index < -0.39 is 17.7 Å². The molecule has 1 unspecified atom stereocenters. The van der Waals surface area contributed by atoms with Crippen molar-refractivity contribution in [1.29, 1.82) is 0 Å². The van der Waals surface area contributed by atoms with Gasteiger partial charge in [0.05, 0.1) is 23.9 Å². The van der Waals surface area contributed by atoms with Crippen LogP contribution >= 0.6 is 11.6 Å². The molecular weight excluding hydrogens is 464 g/mol. The zero-order valence-corrected chi connectivity index (χ0v) is 21.1. The topological polar surface area (TPSA) is 79.7 Å². The molecule has 1 amide bonds. The molecule has 1 saturated heterocycles. The molecule has 0 radical (unpaired) electrons. The van der Waals surface area contributed by atoms with E-state index in [1.165, 1.54) is 12.0 Å². The summed E-state index contributed by atoms with van der Waals surface area (Å²) in [5.74, 6) is -1.50. The van der Waals surface area contributed by atoms with Crippen LogP contribution in [0.25, 0.3) is 5.76 Å². The van der Waals surface area contributed by atoms with Crippen LogP contribution in [-0.2, 0) is 15.0 Å². The van der Waals surface area contributed by atoms with Crippen LogP contribution in [0.2, 0.25) is 5.02 Å². The number of ether oxygens (including phenoxy) is 1. The summed E-state index contributed by atoms with van der Waals surface area (Å²) >= 11 is 6.35. The van der Waals surface area contributed by atoms with E-state index >= 15 is 0 Å². The van der Waals surface area contributed by atoms with Crippen molar-refractivity contribution in [2.45, 2.75) is 39.2 Å². The third kappa shape index (κ3) is 4.30. The molecule has 7 heteroatoms. The van der Waals surface area contributed by atoms with Crippen LogP contribution in [0, 0.1) is 6.92 Å². The molecule has 4 rings (SSSR count). The van der Waals surface area contributed by atoms with Gasteiger partial charge in [-0.15, -0.1) is 0 Å². The lowest BCUT2D eigenvalue weighted by atomic mass is 9.85. The average molecular weight is 491 g/mol. The zero-order valence-electron chi connectivity index (χ0n) is 20.3. The molecule has 6 nitrogen and oxygen atoms in total. The van der Waals surface area contributed by atoms with Crippen molar-refractivity contribution >= 4 is 34.7 Å². The number of benzene rings is 2. The zero-order chi connectivity index (χ0) is 25.5. The normalized spacial score (nSPS) is 17.7. The Balaban J connectivity index is 2.02. The minimum absolute atomic E-state index is 0.0579. The van der Waals surface area contributed by atoms with Crippen molar-refractivity contribution in [3.63, 3.8) is 0 Å². The fourth-order valence-electron chi connectivity index (χ4n) is 4.26. The van der Waals surface area contributed by atoms with E-state index in [0.717, 1.165) is 5.56 Å². The van der Waals surface area contributed by atoms with E-state index in [2.05, 4.69) is 4.98 Å². The second-order valence-electron chi connectivity index (χ2n) is 9.47. The lowest BCUT2D eigenvalue weighted by Gasteiger charge is -2.26. The third-order valence-corrected chi connectivity index (χ3v) is 6.64. The van der Waals surface area contributed by atoms with E-state index in [1.54, 1.807) is 61.7 Å². The van der Waals surface area contributed by atoms with Crippen LogP contribution in [0.3, 0.4) is 0 Å². The second-order valence-corrected chi connectivity index (χ2v) is 9.88. The number of aliphatic hydroxyl groups is 1. The Bertz CT molecular complexity index is 1340. The molecular formula is C28H27ClN2O4. The lowest BCUT2D eigenvalue weighted by Crippen LogP contribution is -2.30. The summed E-state index contributed by atoms with van der Waals surface area (Å²) in [6, 6.07) is 14.9. The molecule has 1 atom stereocenters. The van der Waals surface area contributed by atoms with Crippen LogP contribution in [0.15, 0.2) is 66.4 Å². The summed E-state index contributed by atoms with van der Waals surface area (Å²) < 4.78 is 5.51. The Kier molecular flexibility index (Phi) is 6.43. The van der Waals surface area contributed by atoms with Gasteiger partial charge in [-0.1, -0.05) is 50.6 Å². The number of Topliss-reactive ketones (excluding diaryl/α,β-unsaturated/α-hetero) is 1. The van der Waals surface area contributed by atoms with E-state index in [0.29, 0.717) is 33.3 Å². The maximum atomic E-state index is 13.5. The third-order valence-electron chi connectivity index (χ3n) is 6.23. The Morgan fingerprint density at radius 3 is 2.46 bits per heavy atom. The molecule has 35 heavy (non-hydrogen) atoms. The molecule has 2 aromatic carbocycles. The first-order chi connectivity index (χ1) is 16.6. The number of carbonyl (C=O) groups is 2. The minimum Gasteiger partial charge on any atom is -0.507 e. The van der Waals surface area contributed by atoms with Crippen molar-refractivity contribution in [2.24, 2.45) is 0 Å². The molecule has 1 aliphatic rings. The standard InChI is InChI=1S/C28H27ClN2O4/c1-16-19(29)9-8-11-21(16)31-24(20-10-6-7-14-30-20)23(26(33)27(31)34)25(32)18-15-17(28(2,3)4)12-13-22(18)35-5/h6-15,24,32H,1-5H3/b25-23+. The number of rotatable bonds is 4. The van der Waals surface area contributed by atoms with Gasteiger partial charge in [0.2, 0.25) is 0 Å². The van der Waals surface area contributed by atoms with E-state index in [1.807, 2.05) is 26.8 Å². The monoisotopic (exact) mass is 490 g/mol. The number of hydrogen-bond donors (Lipinski definition) is 1. The summed E-state index contributed by atoms with van der Waals surface area (Å²) in [6.07, 6.45) is 1.58. The number of nitrogens with zero attached hydrogens (tertiary/aromatic N) is 2. The lowest BCUT2D eigenvalue weighted by molar-refractivity contribution is -0.132. The number of amides is 1. The van der Waals surface area contributed by atoms with Crippen LogP contribution in [0.4, 0.5) is 5.69 Å². The maximum absolute atomic E-state index is 13.5. The number of pyridine rings is 1. The number of aromatic nitrogens is 1. The van der Waals surface area contributed by atoms with Crippen molar-refractivity contribution in [3.05, 3.63) is 93.8 Å². The molecule has 180 valence electrons. The van der Waals surface area contributed by atoms with Crippen molar-refractivity contribution in [2.75, 3.05) is 12.0 Å². The van der Waals surface area contributed by atoms with Gasteiger partial charge in [0.25, 0.3) is 11.7 Å². The number of methoxy groups -OCH3 is 1. The largest absolute Gasteiger partial charge is 0.507 e. The van der Waals surface area contributed by atoms with Gasteiger partial charge in [-0.3, -0.25) is 19.5 Å². The average Bonchev–Trinajstić information content (AvgIpc) is 3.10. The minimum atomic E-state index is -0.948. The first-order valence-corrected chi connectivity index (χ1v) is 11.6. The van der Waals surface area contributed by atoms with Gasteiger partial charge in [-0.2, -0.15) is 0 Å². The highest BCUT2D eigenvalue weighted by molar-refractivity contribution is 6.52. The summed E-state index contributed by atoms with van der Waals surface area (Å²) in [6.45, 7) is 7.93. The summed E-state index contributed by atoms with van der Waals surface area (Å²) in [5, 5.41) is 12.0. The quantitative estimate of drug-likeness (QED) is 0.276.